The number of aliphatic hydroxyl groups excluding tert-OH is 1. The van der Waals surface area contributed by atoms with Crippen LogP contribution in [-0.4, -0.2) is 15.8 Å². The Morgan fingerprint density at radius 1 is 1.37 bits per heavy atom. The summed E-state index contributed by atoms with van der Waals surface area (Å²) < 4.78 is 0. The highest BCUT2D eigenvalue weighted by Crippen LogP contribution is 2.33. The number of Topliss-reactive ketones (excluding diaryl/α,β-unsaturated/α-hetero) is 1. The second-order valence-electron chi connectivity index (χ2n) is 4.01. The van der Waals surface area contributed by atoms with Crippen molar-refractivity contribution >= 4 is 28.8 Å². The third-order valence-corrected chi connectivity index (χ3v) is 3.15. The maximum absolute atomic E-state index is 11.8. The summed E-state index contributed by atoms with van der Waals surface area (Å²) in [5, 5.41) is 21.2. The third kappa shape index (κ3) is 2.51. The summed E-state index contributed by atoms with van der Waals surface area (Å²) in [5.74, 6) is -0.763. The average molecular weight is 280 g/mol. The Labute approximate surface area is 114 Å². The number of rotatable bonds is 2. The zero-order chi connectivity index (χ0) is 14.0. The van der Waals surface area contributed by atoms with Crippen LogP contribution in [0.4, 0.5) is 5.69 Å². The smallest absolute Gasteiger partial charge is 0.280 e. The molecule has 2 rings (SSSR count). The van der Waals surface area contributed by atoms with Crippen LogP contribution in [0.2, 0.25) is 0 Å². The zero-order valence-electron chi connectivity index (χ0n) is 9.80. The quantitative estimate of drug-likeness (QED) is 0.389. The summed E-state index contributed by atoms with van der Waals surface area (Å²) in [6, 6.07) is 5.67. The van der Waals surface area contributed by atoms with Gasteiger partial charge >= 0.3 is 0 Å². The van der Waals surface area contributed by atoms with Crippen molar-refractivity contribution in [2.75, 3.05) is 0 Å². The highest BCUT2D eigenvalue weighted by atomic mass is 35.5. The van der Waals surface area contributed by atoms with Crippen molar-refractivity contribution in [1.29, 1.82) is 0 Å². The van der Waals surface area contributed by atoms with E-state index in [1.165, 1.54) is 18.2 Å². The fraction of sp³-hybridized carbons (Fsp3) is 0.154. The van der Waals surface area contributed by atoms with Crippen LogP contribution in [0.3, 0.4) is 0 Å². The van der Waals surface area contributed by atoms with Gasteiger partial charge in [0.15, 0.2) is 5.78 Å². The van der Waals surface area contributed by atoms with Gasteiger partial charge in [-0.1, -0.05) is 29.8 Å². The van der Waals surface area contributed by atoms with E-state index in [-0.39, 0.29) is 34.1 Å². The maximum Gasteiger partial charge on any atom is 0.280 e. The normalized spacial score (nSPS) is 17.9. The molecule has 0 unspecified atom stereocenters. The molecule has 0 amide bonds. The highest BCUT2D eigenvalue weighted by molar-refractivity contribution is 6.37. The average Bonchev–Trinajstić information content (AvgIpc) is 2.38. The monoisotopic (exact) mass is 279 g/mol. The molecule has 1 aromatic rings. The molecule has 1 aromatic carbocycles. The van der Waals surface area contributed by atoms with E-state index in [1.54, 1.807) is 12.1 Å². The molecular weight excluding hydrogens is 270 g/mol. The van der Waals surface area contributed by atoms with Crippen molar-refractivity contribution in [1.82, 2.24) is 0 Å². The van der Waals surface area contributed by atoms with Crippen molar-refractivity contribution in [3.8, 4) is 0 Å². The second kappa shape index (κ2) is 5.24. The van der Waals surface area contributed by atoms with Crippen LogP contribution in [0.25, 0.3) is 5.76 Å². The van der Waals surface area contributed by atoms with Crippen molar-refractivity contribution in [2.24, 2.45) is 0 Å². The van der Waals surface area contributed by atoms with E-state index >= 15 is 0 Å². The molecule has 0 radical (unpaired) electrons. The first-order valence-corrected chi connectivity index (χ1v) is 5.96. The fourth-order valence-electron chi connectivity index (χ4n) is 1.90. The van der Waals surface area contributed by atoms with Gasteiger partial charge in [0.05, 0.1) is 21.1 Å². The minimum absolute atomic E-state index is 0.00991. The summed E-state index contributed by atoms with van der Waals surface area (Å²) in [5.41, 5.74) is -0.332. The number of carbonyl (C=O) groups excluding carboxylic acids is 1. The second-order valence-corrected chi connectivity index (χ2v) is 4.42. The van der Waals surface area contributed by atoms with Gasteiger partial charge in [-0.25, -0.2) is 0 Å². The van der Waals surface area contributed by atoms with Crippen LogP contribution >= 0.6 is 11.6 Å². The molecule has 0 bridgehead atoms. The Hall–Kier alpha value is -2.14. The standard InChI is InChI=1S/C13H10ClNO4/c14-9-5-3-7-11(16)12(9)13(17)8-4-1-2-6-10(8)15(18)19/h1-2,4-6,17H,3,7H2/b13-12-. The zero-order valence-corrected chi connectivity index (χ0v) is 10.6. The Morgan fingerprint density at radius 2 is 2.05 bits per heavy atom. The number of allylic oxidation sites excluding steroid dienone is 3. The van der Waals surface area contributed by atoms with Gasteiger partial charge in [-0.15, -0.1) is 0 Å². The number of benzene rings is 1. The molecule has 0 aliphatic heterocycles. The summed E-state index contributed by atoms with van der Waals surface area (Å²) in [6.45, 7) is 0. The Kier molecular flexibility index (Phi) is 3.66. The van der Waals surface area contributed by atoms with E-state index in [0.29, 0.717) is 6.42 Å². The van der Waals surface area contributed by atoms with E-state index < -0.39 is 10.7 Å². The van der Waals surface area contributed by atoms with Crippen molar-refractivity contribution in [2.45, 2.75) is 12.8 Å². The van der Waals surface area contributed by atoms with Gasteiger partial charge in [-0.05, 0) is 12.5 Å². The first-order valence-electron chi connectivity index (χ1n) is 5.58. The Bertz CT molecular complexity index is 619. The lowest BCUT2D eigenvalue weighted by Gasteiger charge is -2.13. The summed E-state index contributed by atoms with van der Waals surface area (Å²) in [6.07, 6.45) is 2.35. The number of hydrogen-bond donors (Lipinski definition) is 1. The molecule has 0 atom stereocenters. The molecule has 5 nitrogen and oxygen atoms in total. The van der Waals surface area contributed by atoms with Crippen LogP contribution < -0.4 is 0 Å². The number of nitro groups is 1. The number of aliphatic hydroxyl groups is 1. The predicted octanol–water partition coefficient (Wildman–Crippen LogP) is 3.35. The van der Waals surface area contributed by atoms with Crippen LogP contribution in [0.5, 0.6) is 0 Å². The van der Waals surface area contributed by atoms with E-state index in [1.807, 2.05) is 0 Å². The molecule has 0 saturated carbocycles. The van der Waals surface area contributed by atoms with E-state index in [9.17, 15) is 20.0 Å². The number of halogens is 1. The van der Waals surface area contributed by atoms with Gasteiger partial charge in [0, 0.05) is 12.5 Å². The topological polar surface area (TPSA) is 80.4 Å². The van der Waals surface area contributed by atoms with E-state index in [4.69, 9.17) is 11.6 Å². The fourth-order valence-corrected chi connectivity index (χ4v) is 2.21. The number of hydrogen-bond acceptors (Lipinski definition) is 4. The number of nitrogens with zero attached hydrogens (tertiary/aromatic N) is 1. The molecule has 19 heavy (non-hydrogen) atoms. The molecular formula is C13H10ClNO4. The number of nitro benzene ring substituents is 1. The largest absolute Gasteiger partial charge is 0.506 e. The molecule has 0 saturated heterocycles. The van der Waals surface area contributed by atoms with Crippen LogP contribution in [0.15, 0.2) is 40.9 Å². The van der Waals surface area contributed by atoms with Crippen LogP contribution in [-0.2, 0) is 4.79 Å². The van der Waals surface area contributed by atoms with Crippen LogP contribution in [0, 0.1) is 10.1 Å². The van der Waals surface area contributed by atoms with Gasteiger partial charge in [0.2, 0.25) is 0 Å². The molecule has 0 heterocycles. The van der Waals surface area contributed by atoms with Crippen molar-refractivity contribution in [3.63, 3.8) is 0 Å². The van der Waals surface area contributed by atoms with Crippen molar-refractivity contribution in [3.05, 3.63) is 56.6 Å². The summed E-state index contributed by atoms with van der Waals surface area (Å²) in [7, 11) is 0. The molecule has 1 aliphatic carbocycles. The Balaban J connectivity index is 2.64. The molecule has 98 valence electrons. The van der Waals surface area contributed by atoms with Gasteiger partial charge in [-0.2, -0.15) is 0 Å². The predicted molar refractivity (Wildman–Crippen MR) is 70.8 cm³/mol. The number of para-hydroxylation sites is 1. The minimum atomic E-state index is -0.614. The van der Waals surface area contributed by atoms with Gasteiger partial charge in [0.25, 0.3) is 5.69 Å². The number of ketones is 1. The SMILES string of the molecule is O=C1CCC=C(Cl)/C1=C(/O)c1ccccc1[N+](=O)[O-]. The van der Waals surface area contributed by atoms with Crippen molar-refractivity contribution < 1.29 is 14.8 Å². The lowest BCUT2D eigenvalue weighted by atomic mass is 9.96. The maximum atomic E-state index is 11.8. The lowest BCUT2D eigenvalue weighted by Crippen LogP contribution is -2.10. The first kappa shape index (κ1) is 13.3. The molecule has 6 heteroatoms. The third-order valence-electron chi connectivity index (χ3n) is 2.81. The molecule has 0 aromatic heterocycles. The first-order chi connectivity index (χ1) is 9.02. The highest BCUT2D eigenvalue weighted by Gasteiger charge is 2.26. The Morgan fingerprint density at radius 3 is 2.68 bits per heavy atom. The summed E-state index contributed by atoms with van der Waals surface area (Å²) in [4.78, 5) is 22.1. The van der Waals surface area contributed by atoms with Crippen LogP contribution in [0.1, 0.15) is 18.4 Å². The van der Waals surface area contributed by atoms with E-state index in [0.717, 1.165) is 0 Å². The summed E-state index contributed by atoms with van der Waals surface area (Å²) >= 11 is 5.91. The molecule has 0 spiro atoms. The van der Waals surface area contributed by atoms with Gasteiger partial charge < -0.3 is 5.11 Å². The lowest BCUT2D eigenvalue weighted by molar-refractivity contribution is -0.385. The van der Waals surface area contributed by atoms with E-state index in [2.05, 4.69) is 0 Å². The minimum Gasteiger partial charge on any atom is -0.506 e. The molecule has 1 aliphatic rings. The van der Waals surface area contributed by atoms with Gasteiger partial charge in [-0.3, -0.25) is 14.9 Å². The molecule has 1 N–H and O–H groups in total. The molecule has 0 fully saturated rings. The number of carbonyl (C=O) groups is 1. The van der Waals surface area contributed by atoms with Gasteiger partial charge in [0.1, 0.15) is 5.76 Å².